The number of nitriles is 1. The molecule has 5 fully saturated rings. The molecule has 4 bridgehead atoms. The van der Waals surface area contributed by atoms with Gasteiger partial charge in [0.2, 0.25) is 5.95 Å². The molecule has 39 heavy (non-hydrogen) atoms. The van der Waals surface area contributed by atoms with Gasteiger partial charge in [-0.2, -0.15) is 10.2 Å². The number of nitrogens with zero attached hydrogens (tertiary/aromatic N) is 4. The summed E-state index contributed by atoms with van der Waals surface area (Å²) in [7, 11) is 0. The van der Waals surface area contributed by atoms with Crippen molar-refractivity contribution in [1.82, 2.24) is 20.3 Å². The van der Waals surface area contributed by atoms with Crippen LogP contribution in [0, 0.1) is 40.4 Å². The second kappa shape index (κ2) is 11.6. The minimum absolute atomic E-state index is 0.0766. The zero-order chi connectivity index (χ0) is 26.8. The third-order valence-corrected chi connectivity index (χ3v) is 10.6. The molecule has 5 aliphatic carbocycles. The van der Waals surface area contributed by atoms with Gasteiger partial charge in [-0.15, -0.1) is 11.8 Å². The number of anilines is 2. The fourth-order valence-corrected chi connectivity index (χ4v) is 8.83. The van der Waals surface area contributed by atoms with Crippen LogP contribution >= 0.6 is 11.8 Å². The van der Waals surface area contributed by atoms with E-state index in [0.29, 0.717) is 29.9 Å². The first-order valence-electron chi connectivity index (χ1n) is 14.7. The van der Waals surface area contributed by atoms with Crippen molar-refractivity contribution < 1.29 is 5.11 Å². The number of aliphatic hydroxyl groups excluding tert-OH is 1. The topological polar surface area (TPSA) is 119 Å². The molecular formula is C30H41N7OS. The molecule has 0 aromatic carbocycles. The highest BCUT2D eigenvalue weighted by Crippen LogP contribution is 2.60. The number of thioether (sulfide) groups is 1. The average molecular weight is 548 g/mol. The van der Waals surface area contributed by atoms with Gasteiger partial charge in [-0.25, -0.2) is 9.97 Å². The quantitative estimate of drug-likeness (QED) is 0.310. The molecule has 8 nitrogen and oxygen atoms in total. The van der Waals surface area contributed by atoms with Gasteiger partial charge >= 0.3 is 0 Å². The molecule has 0 aliphatic heterocycles. The van der Waals surface area contributed by atoms with Crippen LogP contribution in [-0.2, 0) is 6.54 Å². The zero-order valence-electron chi connectivity index (χ0n) is 22.9. The predicted molar refractivity (Wildman–Crippen MR) is 154 cm³/mol. The first-order chi connectivity index (χ1) is 19.0. The van der Waals surface area contributed by atoms with Crippen LogP contribution in [0.2, 0.25) is 0 Å². The summed E-state index contributed by atoms with van der Waals surface area (Å²) in [6, 6.07) is 6.92. The van der Waals surface area contributed by atoms with Crippen LogP contribution in [0.5, 0.6) is 0 Å². The van der Waals surface area contributed by atoms with Gasteiger partial charge in [-0.05, 0) is 106 Å². The maximum absolute atomic E-state index is 9.85. The van der Waals surface area contributed by atoms with Gasteiger partial charge < -0.3 is 21.1 Å². The summed E-state index contributed by atoms with van der Waals surface area (Å²) in [5, 5.41) is 31.5. The third-order valence-electron chi connectivity index (χ3n) is 9.88. The molecule has 0 saturated heterocycles. The normalized spacial score (nSPS) is 33.1. The van der Waals surface area contributed by atoms with Crippen molar-refractivity contribution >= 4 is 23.5 Å². The summed E-state index contributed by atoms with van der Waals surface area (Å²) in [5.74, 6) is 4.20. The van der Waals surface area contributed by atoms with E-state index in [1.165, 1.54) is 32.1 Å². The SMILES string of the molecule is CSc1ncccc1CNc1ncc(C#N)c(NC[C@]23CC4C[C@H](C2)[C@@H](NC[C@H]2CC[C@H](O)CC2)[C@@H](C4)C3)n1. The Morgan fingerprint density at radius 2 is 1.90 bits per heavy atom. The molecule has 4 N–H and O–H groups in total. The van der Waals surface area contributed by atoms with Crippen molar-refractivity contribution in [3.05, 3.63) is 35.7 Å². The molecule has 2 heterocycles. The molecule has 2 aromatic rings. The smallest absolute Gasteiger partial charge is 0.224 e. The maximum atomic E-state index is 9.85. The fraction of sp³-hybridized carbons (Fsp3) is 0.667. The van der Waals surface area contributed by atoms with E-state index in [-0.39, 0.29) is 11.5 Å². The standard InChI is InChI=1S/C30H41N7OS/c1-39-28-21(3-2-8-32-28)16-34-29-35-17-24(14-31)27(37-29)36-18-30-11-20-9-22(12-30)26(23(10-20)13-30)33-15-19-4-6-25(38)7-5-19/h2-3,8,17,19-20,22-23,25-26,33,38H,4-7,9-13,15-16,18H2,1H3,(H2,34,35,36,37)/t19-,20?,22-,23+,25-,26-,30-. The Kier molecular flexibility index (Phi) is 7.97. The van der Waals surface area contributed by atoms with E-state index < -0.39 is 0 Å². The summed E-state index contributed by atoms with van der Waals surface area (Å²) < 4.78 is 0. The molecule has 7 rings (SSSR count). The average Bonchev–Trinajstić information content (AvgIpc) is 2.95. The van der Waals surface area contributed by atoms with Gasteiger partial charge in [0.15, 0.2) is 0 Å². The van der Waals surface area contributed by atoms with Crippen molar-refractivity contribution in [3.63, 3.8) is 0 Å². The van der Waals surface area contributed by atoms with E-state index in [0.717, 1.165) is 73.0 Å². The molecular weight excluding hydrogens is 506 g/mol. The van der Waals surface area contributed by atoms with Crippen molar-refractivity contribution in [3.8, 4) is 6.07 Å². The fourth-order valence-electron chi connectivity index (χ4n) is 8.27. The van der Waals surface area contributed by atoms with Gasteiger partial charge in [-0.3, -0.25) is 0 Å². The lowest BCUT2D eigenvalue weighted by Gasteiger charge is -2.60. The molecule has 5 atom stereocenters. The lowest BCUT2D eigenvalue weighted by molar-refractivity contribution is -0.0704. The number of rotatable bonds is 10. The Hall–Kier alpha value is -2.41. The summed E-state index contributed by atoms with van der Waals surface area (Å²) in [6.45, 7) is 2.56. The maximum Gasteiger partial charge on any atom is 0.224 e. The largest absolute Gasteiger partial charge is 0.393 e. The summed E-state index contributed by atoms with van der Waals surface area (Å²) >= 11 is 1.62. The Labute approximate surface area is 236 Å². The minimum Gasteiger partial charge on any atom is -0.393 e. The molecule has 5 saturated carbocycles. The molecule has 0 amide bonds. The molecule has 2 aromatic heterocycles. The highest BCUT2D eigenvalue weighted by molar-refractivity contribution is 7.98. The van der Waals surface area contributed by atoms with Gasteiger partial charge in [0.25, 0.3) is 0 Å². The van der Waals surface area contributed by atoms with E-state index in [1.54, 1.807) is 24.2 Å². The molecule has 0 spiro atoms. The van der Waals surface area contributed by atoms with Crippen LogP contribution in [0.15, 0.2) is 29.6 Å². The lowest BCUT2D eigenvalue weighted by atomic mass is 9.48. The van der Waals surface area contributed by atoms with Crippen LogP contribution in [0.3, 0.4) is 0 Å². The lowest BCUT2D eigenvalue weighted by Crippen LogP contribution is -2.60. The van der Waals surface area contributed by atoms with Gasteiger partial charge in [0.1, 0.15) is 22.5 Å². The second-order valence-electron chi connectivity index (χ2n) is 12.5. The molecule has 5 aliphatic rings. The molecule has 9 heteroatoms. The van der Waals surface area contributed by atoms with Crippen molar-refractivity contribution in [2.75, 3.05) is 30.0 Å². The summed E-state index contributed by atoms with van der Waals surface area (Å²) in [4.78, 5) is 13.5. The van der Waals surface area contributed by atoms with Crippen LogP contribution in [0.25, 0.3) is 0 Å². The van der Waals surface area contributed by atoms with Crippen LogP contribution in [-0.4, -0.2) is 51.5 Å². The van der Waals surface area contributed by atoms with Gasteiger partial charge in [-0.1, -0.05) is 6.07 Å². The van der Waals surface area contributed by atoms with Crippen LogP contribution in [0.4, 0.5) is 11.8 Å². The predicted octanol–water partition coefficient (Wildman–Crippen LogP) is 4.82. The van der Waals surface area contributed by atoms with E-state index in [1.807, 2.05) is 12.3 Å². The Balaban J connectivity index is 1.08. The highest BCUT2D eigenvalue weighted by Gasteiger charge is 2.55. The first-order valence-corrected chi connectivity index (χ1v) is 15.9. The highest BCUT2D eigenvalue weighted by atomic mass is 32.2. The Morgan fingerprint density at radius 1 is 1.10 bits per heavy atom. The molecule has 0 radical (unpaired) electrons. The molecule has 208 valence electrons. The number of aromatic nitrogens is 3. The van der Waals surface area contributed by atoms with Gasteiger partial charge in [0, 0.05) is 30.9 Å². The van der Waals surface area contributed by atoms with E-state index >= 15 is 0 Å². The third kappa shape index (κ3) is 5.89. The van der Waals surface area contributed by atoms with Crippen LogP contribution in [0.1, 0.15) is 68.9 Å². The number of hydrogen-bond donors (Lipinski definition) is 4. The monoisotopic (exact) mass is 547 g/mol. The minimum atomic E-state index is -0.0766. The van der Waals surface area contributed by atoms with Gasteiger partial charge in [0.05, 0.1) is 12.3 Å². The number of hydrogen-bond acceptors (Lipinski definition) is 9. The number of nitrogens with one attached hydrogen (secondary N) is 3. The Bertz CT molecular complexity index is 1180. The zero-order valence-corrected chi connectivity index (χ0v) is 23.7. The van der Waals surface area contributed by atoms with Crippen LogP contribution < -0.4 is 16.0 Å². The van der Waals surface area contributed by atoms with Crippen molar-refractivity contribution in [1.29, 1.82) is 5.26 Å². The number of pyridine rings is 1. The second-order valence-corrected chi connectivity index (χ2v) is 13.3. The van der Waals surface area contributed by atoms with E-state index in [4.69, 9.17) is 4.98 Å². The molecule has 1 unspecified atom stereocenters. The van der Waals surface area contributed by atoms with E-state index in [2.05, 4.69) is 38.1 Å². The first kappa shape index (κ1) is 26.8. The summed E-state index contributed by atoms with van der Waals surface area (Å²) in [5.41, 5.74) is 1.89. The Morgan fingerprint density at radius 3 is 2.64 bits per heavy atom. The van der Waals surface area contributed by atoms with E-state index in [9.17, 15) is 10.4 Å². The van der Waals surface area contributed by atoms with Crippen molar-refractivity contribution in [2.45, 2.75) is 81.5 Å². The number of aliphatic hydroxyl groups is 1. The van der Waals surface area contributed by atoms with Crippen molar-refractivity contribution in [2.24, 2.45) is 29.1 Å². The summed E-state index contributed by atoms with van der Waals surface area (Å²) in [6.07, 6.45) is 16.1.